The number of aryl methyl sites for hydroxylation is 1. The summed E-state index contributed by atoms with van der Waals surface area (Å²) >= 11 is 0. The molecule has 0 unspecified atom stereocenters. The topological polar surface area (TPSA) is 64.7 Å². The fourth-order valence-corrected chi connectivity index (χ4v) is 3.23. The number of rotatable bonds is 6. The molecule has 0 saturated carbocycles. The molecule has 0 spiro atoms. The maximum atomic E-state index is 12.5. The van der Waals surface area contributed by atoms with E-state index in [4.69, 9.17) is 0 Å². The Labute approximate surface area is 157 Å². The first-order chi connectivity index (χ1) is 13.2. The van der Waals surface area contributed by atoms with E-state index in [1.807, 2.05) is 23.0 Å². The van der Waals surface area contributed by atoms with Crippen molar-refractivity contribution in [3.63, 3.8) is 0 Å². The number of carbonyl (C=O) groups is 1. The van der Waals surface area contributed by atoms with Crippen molar-refractivity contribution < 1.29 is 4.79 Å². The van der Waals surface area contributed by atoms with E-state index in [0.29, 0.717) is 17.9 Å². The molecule has 6 nitrogen and oxygen atoms in total. The molecule has 2 aromatic heterocycles. The van der Waals surface area contributed by atoms with Gasteiger partial charge in [-0.3, -0.25) is 14.2 Å². The van der Waals surface area contributed by atoms with Gasteiger partial charge < -0.3 is 5.32 Å². The van der Waals surface area contributed by atoms with Crippen LogP contribution in [0, 0.1) is 0 Å². The van der Waals surface area contributed by atoms with Crippen LogP contribution in [-0.4, -0.2) is 25.5 Å². The van der Waals surface area contributed by atoms with Gasteiger partial charge in [0.15, 0.2) is 0 Å². The smallest absolute Gasteiger partial charge is 0.274 e. The van der Waals surface area contributed by atoms with Crippen molar-refractivity contribution in [3.05, 3.63) is 78.4 Å². The van der Waals surface area contributed by atoms with Crippen molar-refractivity contribution in [2.45, 2.75) is 26.4 Å². The summed E-state index contributed by atoms with van der Waals surface area (Å²) in [7, 11) is 0. The second kappa shape index (κ2) is 7.45. The predicted octanol–water partition coefficient (Wildman–Crippen LogP) is 3.94. The largest absolute Gasteiger partial charge is 0.318 e. The Morgan fingerprint density at radius 1 is 1.07 bits per heavy atom. The van der Waals surface area contributed by atoms with Crippen LogP contribution in [-0.2, 0) is 13.1 Å². The minimum atomic E-state index is -0.175. The van der Waals surface area contributed by atoms with Gasteiger partial charge in [-0.1, -0.05) is 49.4 Å². The third kappa shape index (κ3) is 3.60. The molecule has 1 amide bonds. The molecule has 2 heterocycles. The Morgan fingerprint density at radius 2 is 1.93 bits per heavy atom. The van der Waals surface area contributed by atoms with Gasteiger partial charge in [-0.2, -0.15) is 10.2 Å². The number of anilines is 1. The van der Waals surface area contributed by atoms with Crippen molar-refractivity contribution in [1.82, 2.24) is 19.6 Å². The van der Waals surface area contributed by atoms with Gasteiger partial charge in [0.1, 0.15) is 5.69 Å². The molecule has 0 fully saturated rings. The van der Waals surface area contributed by atoms with E-state index in [1.165, 1.54) is 16.3 Å². The SMILES string of the molecule is CCCn1nccc1C(=O)Nc1cnn(Cc2cccc3ccccc23)c1. The minimum absolute atomic E-state index is 0.175. The molecule has 0 bridgehead atoms. The second-order valence-corrected chi connectivity index (χ2v) is 6.46. The molecular weight excluding hydrogens is 338 g/mol. The fourth-order valence-electron chi connectivity index (χ4n) is 3.23. The molecule has 2 aromatic carbocycles. The predicted molar refractivity (Wildman–Crippen MR) is 106 cm³/mol. The average molecular weight is 359 g/mol. The zero-order valence-corrected chi connectivity index (χ0v) is 15.2. The summed E-state index contributed by atoms with van der Waals surface area (Å²) in [4.78, 5) is 12.5. The van der Waals surface area contributed by atoms with Crippen molar-refractivity contribution in [2.75, 3.05) is 5.32 Å². The number of fused-ring (bicyclic) bond motifs is 1. The number of nitrogens with one attached hydrogen (secondary N) is 1. The highest BCUT2D eigenvalue weighted by Crippen LogP contribution is 2.20. The molecule has 0 saturated heterocycles. The van der Waals surface area contributed by atoms with Gasteiger partial charge in [-0.05, 0) is 28.8 Å². The first-order valence-electron chi connectivity index (χ1n) is 9.07. The Morgan fingerprint density at radius 3 is 2.81 bits per heavy atom. The van der Waals surface area contributed by atoms with E-state index in [-0.39, 0.29) is 5.91 Å². The monoisotopic (exact) mass is 359 g/mol. The number of carbonyl (C=O) groups excluding carboxylic acids is 1. The van der Waals surface area contributed by atoms with Crippen LogP contribution < -0.4 is 5.32 Å². The van der Waals surface area contributed by atoms with Crippen LogP contribution in [0.15, 0.2) is 67.1 Å². The molecule has 4 rings (SSSR count). The van der Waals surface area contributed by atoms with Gasteiger partial charge >= 0.3 is 0 Å². The fraction of sp³-hybridized carbons (Fsp3) is 0.190. The molecule has 0 radical (unpaired) electrons. The molecule has 0 aliphatic heterocycles. The van der Waals surface area contributed by atoms with E-state index in [9.17, 15) is 4.79 Å². The maximum absolute atomic E-state index is 12.5. The lowest BCUT2D eigenvalue weighted by atomic mass is 10.0. The number of aromatic nitrogens is 4. The number of benzene rings is 2. The molecular formula is C21H21N5O. The van der Waals surface area contributed by atoms with Gasteiger partial charge in [0.25, 0.3) is 5.91 Å². The van der Waals surface area contributed by atoms with E-state index in [0.717, 1.165) is 13.0 Å². The lowest BCUT2D eigenvalue weighted by Crippen LogP contribution is -2.17. The molecule has 0 aliphatic carbocycles. The summed E-state index contributed by atoms with van der Waals surface area (Å²) in [6.45, 7) is 3.42. The Balaban J connectivity index is 1.50. The van der Waals surface area contributed by atoms with Crippen molar-refractivity contribution in [1.29, 1.82) is 0 Å². The summed E-state index contributed by atoms with van der Waals surface area (Å²) < 4.78 is 3.55. The number of nitrogens with zero attached hydrogens (tertiary/aromatic N) is 4. The number of amides is 1. The normalized spacial score (nSPS) is 11.0. The summed E-state index contributed by atoms with van der Waals surface area (Å²) in [6.07, 6.45) is 6.09. The number of hydrogen-bond acceptors (Lipinski definition) is 3. The quantitative estimate of drug-likeness (QED) is 0.567. The summed E-state index contributed by atoms with van der Waals surface area (Å²) in [5, 5.41) is 13.9. The first kappa shape index (κ1) is 17.0. The highest BCUT2D eigenvalue weighted by Gasteiger charge is 2.13. The molecule has 0 atom stereocenters. The van der Waals surface area contributed by atoms with Gasteiger partial charge in [-0.15, -0.1) is 0 Å². The highest BCUT2D eigenvalue weighted by atomic mass is 16.2. The van der Waals surface area contributed by atoms with E-state index < -0.39 is 0 Å². The highest BCUT2D eigenvalue weighted by molar-refractivity contribution is 6.02. The summed E-state index contributed by atoms with van der Waals surface area (Å²) in [6, 6.07) is 16.3. The third-order valence-corrected chi connectivity index (χ3v) is 4.49. The van der Waals surface area contributed by atoms with E-state index in [1.54, 1.807) is 23.1 Å². The third-order valence-electron chi connectivity index (χ3n) is 4.49. The minimum Gasteiger partial charge on any atom is -0.318 e. The second-order valence-electron chi connectivity index (χ2n) is 6.46. The molecule has 6 heteroatoms. The average Bonchev–Trinajstić information content (AvgIpc) is 3.32. The van der Waals surface area contributed by atoms with Crippen LogP contribution >= 0.6 is 0 Å². The Bertz CT molecular complexity index is 1070. The maximum Gasteiger partial charge on any atom is 0.274 e. The summed E-state index contributed by atoms with van der Waals surface area (Å²) in [5.41, 5.74) is 2.42. The lowest BCUT2D eigenvalue weighted by molar-refractivity contribution is 0.101. The van der Waals surface area contributed by atoms with Crippen LogP contribution in [0.3, 0.4) is 0 Å². The van der Waals surface area contributed by atoms with Crippen molar-refractivity contribution in [3.8, 4) is 0 Å². The Hall–Kier alpha value is -3.41. The molecule has 27 heavy (non-hydrogen) atoms. The van der Waals surface area contributed by atoms with Crippen LogP contribution in [0.25, 0.3) is 10.8 Å². The zero-order valence-electron chi connectivity index (χ0n) is 15.2. The van der Waals surface area contributed by atoms with Crippen LogP contribution in [0.2, 0.25) is 0 Å². The van der Waals surface area contributed by atoms with E-state index in [2.05, 4.69) is 52.8 Å². The first-order valence-corrected chi connectivity index (χ1v) is 9.07. The van der Waals surface area contributed by atoms with Crippen molar-refractivity contribution in [2.24, 2.45) is 0 Å². The van der Waals surface area contributed by atoms with E-state index >= 15 is 0 Å². The Kier molecular flexibility index (Phi) is 4.70. The van der Waals surface area contributed by atoms with Gasteiger partial charge in [0.2, 0.25) is 0 Å². The molecule has 136 valence electrons. The van der Waals surface area contributed by atoms with Crippen LogP contribution in [0.4, 0.5) is 5.69 Å². The molecule has 0 aliphatic rings. The molecule has 1 N–H and O–H groups in total. The summed E-state index contributed by atoms with van der Waals surface area (Å²) in [5.74, 6) is -0.175. The lowest BCUT2D eigenvalue weighted by Gasteiger charge is -2.07. The van der Waals surface area contributed by atoms with Crippen LogP contribution in [0.1, 0.15) is 29.4 Å². The number of hydrogen-bond donors (Lipinski definition) is 1. The molecule has 4 aromatic rings. The van der Waals surface area contributed by atoms with Gasteiger partial charge in [0, 0.05) is 18.9 Å². The van der Waals surface area contributed by atoms with Gasteiger partial charge in [0.05, 0.1) is 18.4 Å². The van der Waals surface area contributed by atoms with Crippen LogP contribution in [0.5, 0.6) is 0 Å². The zero-order chi connectivity index (χ0) is 18.6. The van der Waals surface area contributed by atoms with Gasteiger partial charge in [-0.25, -0.2) is 0 Å². The standard InChI is InChI=1S/C21H21N5O/c1-2-12-26-20(10-11-22-26)21(27)24-18-13-23-25(15-18)14-17-8-5-7-16-6-3-4-9-19(16)17/h3-11,13,15H,2,12,14H2,1H3,(H,24,27). The van der Waals surface area contributed by atoms with Crippen molar-refractivity contribution >= 4 is 22.4 Å².